The van der Waals surface area contributed by atoms with Gasteiger partial charge in [-0.05, 0) is 56.2 Å². The molecule has 8 heteroatoms. The smallest absolute Gasteiger partial charge is 0.234 e. The van der Waals surface area contributed by atoms with E-state index in [1.807, 2.05) is 38.1 Å². The van der Waals surface area contributed by atoms with E-state index in [-0.39, 0.29) is 11.7 Å². The molecule has 1 N–H and O–H groups in total. The molecule has 4 rings (SSSR count). The Hall–Kier alpha value is -2.71. The van der Waals surface area contributed by atoms with Crippen LogP contribution in [0.15, 0.2) is 58.4 Å². The minimum absolute atomic E-state index is 0.0675. The van der Waals surface area contributed by atoms with E-state index in [2.05, 4.69) is 55.4 Å². The van der Waals surface area contributed by atoms with E-state index < -0.39 is 0 Å². The maximum absolute atomic E-state index is 12.6. The van der Waals surface area contributed by atoms with Crippen LogP contribution in [0.2, 0.25) is 0 Å². The summed E-state index contributed by atoms with van der Waals surface area (Å²) in [5.41, 5.74) is 5.80. The third-order valence-corrected chi connectivity index (χ3v) is 6.22. The maximum atomic E-state index is 12.6. The van der Waals surface area contributed by atoms with Crippen molar-refractivity contribution in [1.29, 1.82) is 0 Å². The van der Waals surface area contributed by atoms with Crippen LogP contribution >= 0.6 is 27.7 Å². The van der Waals surface area contributed by atoms with Gasteiger partial charge in [0.15, 0.2) is 5.65 Å². The number of aryl methyl sites for hydroxylation is 3. The lowest BCUT2D eigenvalue weighted by Crippen LogP contribution is -2.16. The topological polar surface area (TPSA) is 72.7 Å². The van der Waals surface area contributed by atoms with Gasteiger partial charge in [0.1, 0.15) is 11.4 Å². The van der Waals surface area contributed by atoms with Gasteiger partial charge in [-0.1, -0.05) is 45.4 Å². The average Bonchev–Trinajstić information content (AvgIpc) is 3.14. The second-order valence-electron chi connectivity index (χ2n) is 7.06. The summed E-state index contributed by atoms with van der Waals surface area (Å²) in [7, 11) is 0. The predicted octanol–water partition coefficient (Wildman–Crippen LogP) is 5.23. The van der Waals surface area contributed by atoms with Crippen LogP contribution in [0.25, 0.3) is 16.7 Å². The Kier molecular flexibility index (Phi) is 5.87. The van der Waals surface area contributed by atoms with Gasteiger partial charge in [0.25, 0.3) is 0 Å². The fourth-order valence-corrected chi connectivity index (χ4v) is 4.42. The Labute approximate surface area is 187 Å². The molecule has 0 saturated carbocycles. The molecule has 0 unspecified atom stereocenters. The van der Waals surface area contributed by atoms with Crippen molar-refractivity contribution in [2.45, 2.75) is 25.8 Å². The average molecular weight is 482 g/mol. The summed E-state index contributed by atoms with van der Waals surface area (Å²) in [6.45, 7) is 6.07. The number of carbonyl (C=O) groups excluding carboxylic acids is 1. The molecule has 0 spiro atoms. The summed E-state index contributed by atoms with van der Waals surface area (Å²) in [6.07, 6.45) is 3.25. The highest BCUT2D eigenvalue weighted by Crippen LogP contribution is 2.27. The van der Waals surface area contributed by atoms with Crippen LogP contribution in [0.1, 0.15) is 16.7 Å². The normalized spacial score (nSPS) is 11.1. The molecule has 0 fully saturated rings. The molecule has 0 radical (unpaired) electrons. The van der Waals surface area contributed by atoms with Gasteiger partial charge < -0.3 is 5.32 Å². The van der Waals surface area contributed by atoms with Gasteiger partial charge >= 0.3 is 0 Å². The maximum Gasteiger partial charge on any atom is 0.234 e. The molecule has 6 nitrogen and oxygen atoms in total. The van der Waals surface area contributed by atoms with E-state index in [9.17, 15) is 4.79 Å². The Balaban J connectivity index is 1.52. The molecule has 0 aliphatic carbocycles. The minimum Gasteiger partial charge on any atom is -0.325 e. The van der Waals surface area contributed by atoms with Gasteiger partial charge in [-0.2, -0.15) is 5.10 Å². The number of halogens is 1. The number of carbonyl (C=O) groups is 1. The zero-order chi connectivity index (χ0) is 21.3. The fourth-order valence-electron chi connectivity index (χ4n) is 3.40. The van der Waals surface area contributed by atoms with Gasteiger partial charge in [-0.15, -0.1) is 0 Å². The number of hydrogen-bond donors (Lipinski definition) is 1. The van der Waals surface area contributed by atoms with Crippen molar-refractivity contribution in [1.82, 2.24) is 19.7 Å². The van der Waals surface area contributed by atoms with E-state index >= 15 is 0 Å². The lowest BCUT2D eigenvalue weighted by Gasteiger charge is -2.12. The summed E-state index contributed by atoms with van der Waals surface area (Å²) in [5, 5.41) is 9.05. The second-order valence-corrected chi connectivity index (χ2v) is 8.94. The molecule has 1 amide bonds. The lowest BCUT2D eigenvalue weighted by molar-refractivity contribution is -0.113. The third kappa shape index (κ3) is 4.24. The third-order valence-electron chi connectivity index (χ3n) is 4.68. The van der Waals surface area contributed by atoms with E-state index in [4.69, 9.17) is 0 Å². The number of aromatic nitrogens is 4. The summed E-state index contributed by atoms with van der Waals surface area (Å²) in [5.74, 6) is 0.185. The molecule has 152 valence electrons. The number of thioether (sulfide) groups is 1. The standard InChI is InChI=1S/C22H20BrN5OS/c1-13-8-14(2)20(15(3)9-13)27-19(29)11-30-22-18-10-26-28(21(18)24-12-25-22)17-6-4-16(23)5-7-17/h4-10,12H,11H2,1-3H3,(H,27,29). The van der Waals surface area contributed by atoms with Crippen molar-refractivity contribution < 1.29 is 4.79 Å². The van der Waals surface area contributed by atoms with Gasteiger partial charge in [0.2, 0.25) is 5.91 Å². The number of nitrogens with one attached hydrogen (secondary N) is 1. The quantitative estimate of drug-likeness (QED) is 0.311. The largest absolute Gasteiger partial charge is 0.325 e. The first-order valence-electron chi connectivity index (χ1n) is 9.37. The molecule has 0 bridgehead atoms. The number of fused-ring (bicyclic) bond motifs is 1. The van der Waals surface area contributed by atoms with Gasteiger partial charge in [-0.25, -0.2) is 14.6 Å². The van der Waals surface area contributed by atoms with E-state index in [0.717, 1.165) is 37.4 Å². The Morgan fingerprint density at radius 3 is 2.50 bits per heavy atom. The molecular formula is C22H20BrN5OS. The first-order chi connectivity index (χ1) is 14.4. The van der Waals surface area contributed by atoms with Crippen molar-refractivity contribution in [3.05, 3.63) is 70.1 Å². The number of benzene rings is 2. The van der Waals surface area contributed by atoms with Crippen LogP contribution in [0.3, 0.4) is 0 Å². The van der Waals surface area contributed by atoms with Crippen molar-refractivity contribution in [2.75, 3.05) is 11.1 Å². The van der Waals surface area contributed by atoms with Gasteiger partial charge in [0.05, 0.1) is 23.0 Å². The molecule has 0 atom stereocenters. The van der Waals surface area contributed by atoms with Gasteiger partial charge in [-0.3, -0.25) is 4.79 Å². The number of amides is 1. The molecule has 2 heterocycles. The number of anilines is 1. The van der Waals surface area contributed by atoms with Crippen molar-refractivity contribution in [2.24, 2.45) is 0 Å². The van der Waals surface area contributed by atoms with E-state index in [0.29, 0.717) is 5.65 Å². The lowest BCUT2D eigenvalue weighted by atomic mass is 10.1. The molecule has 0 saturated heterocycles. The summed E-state index contributed by atoms with van der Waals surface area (Å²) < 4.78 is 2.77. The molecule has 0 aliphatic rings. The zero-order valence-electron chi connectivity index (χ0n) is 16.8. The molecule has 0 aliphatic heterocycles. The predicted molar refractivity (Wildman–Crippen MR) is 124 cm³/mol. The summed E-state index contributed by atoms with van der Waals surface area (Å²) in [6, 6.07) is 12.0. The van der Waals surface area contributed by atoms with Crippen LogP contribution in [-0.4, -0.2) is 31.4 Å². The highest BCUT2D eigenvalue weighted by atomic mass is 79.9. The van der Waals surface area contributed by atoms with Crippen LogP contribution < -0.4 is 5.32 Å². The first kappa shape index (κ1) is 20.6. The minimum atomic E-state index is -0.0675. The SMILES string of the molecule is Cc1cc(C)c(NC(=O)CSc2ncnc3c2cnn3-c2ccc(Br)cc2)c(C)c1. The van der Waals surface area contributed by atoms with Crippen LogP contribution in [0.5, 0.6) is 0 Å². The Morgan fingerprint density at radius 2 is 1.80 bits per heavy atom. The summed E-state index contributed by atoms with van der Waals surface area (Å²) >= 11 is 4.82. The van der Waals surface area contributed by atoms with Crippen molar-refractivity contribution in [3.8, 4) is 5.69 Å². The number of rotatable bonds is 5. The first-order valence-corrected chi connectivity index (χ1v) is 11.2. The van der Waals surface area contributed by atoms with Crippen LogP contribution in [0, 0.1) is 20.8 Å². The monoisotopic (exact) mass is 481 g/mol. The molecular weight excluding hydrogens is 462 g/mol. The fraction of sp³-hybridized carbons (Fsp3) is 0.182. The van der Waals surface area contributed by atoms with Gasteiger partial charge in [0, 0.05) is 10.2 Å². The van der Waals surface area contributed by atoms with Crippen molar-refractivity contribution in [3.63, 3.8) is 0 Å². The highest BCUT2D eigenvalue weighted by molar-refractivity contribution is 9.10. The van der Waals surface area contributed by atoms with Crippen molar-refractivity contribution >= 4 is 50.3 Å². The highest BCUT2D eigenvalue weighted by Gasteiger charge is 2.14. The van der Waals surface area contributed by atoms with E-state index in [1.54, 1.807) is 10.9 Å². The van der Waals surface area contributed by atoms with Crippen LogP contribution in [-0.2, 0) is 4.79 Å². The second kappa shape index (κ2) is 8.57. The Bertz CT molecular complexity index is 1210. The summed E-state index contributed by atoms with van der Waals surface area (Å²) in [4.78, 5) is 21.3. The number of hydrogen-bond acceptors (Lipinski definition) is 5. The van der Waals surface area contributed by atoms with Crippen LogP contribution in [0.4, 0.5) is 5.69 Å². The number of nitrogens with zero attached hydrogens (tertiary/aromatic N) is 4. The molecule has 4 aromatic rings. The van der Waals surface area contributed by atoms with E-state index in [1.165, 1.54) is 23.7 Å². The molecule has 2 aromatic heterocycles. The Morgan fingerprint density at radius 1 is 1.10 bits per heavy atom. The molecule has 2 aromatic carbocycles. The zero-order valence-corrected chi connectivity index (χ0v) is 19.2. The molecule has 30 heavy (non-hydrogen) atoms.